The molecule has 0 radical (unpaired) electrons. The van der Waals surface area contributed by atoms with E-state index in [2.05, 4.69) is 5.32 Å². The van der Waals surface area contributed by atoms with Crippen LogP contribution < -0.4 is 10.1 Å². The Kier molecular flexibility index (Phi) is 5.90. The second kappa shape index (κ2) is 8.20. The molecule has 9 heteroatoms. The molecule has 0 unspecified atom stereocenters. The van der Waals surface area contributed by atoms with E-state index in [9.17, 15) is 22.4 Å². The van der Waals surface area contributed by atoms with Gasteiger partial charge in [0.25, 0.3) is 5.91 Å². The predicted octanol–water partition coefficient (Wildman–Crippen LogP) is 6.39. The zero-order chi connectivity index (χ0) is 20.3. The van der Waals surface area contributed by atoms with Crippen LogP contribution in [-0.2, 0) is 12.8 Å². The van der Waals surface area contributed by atoms with Crippen LogP contribution >= 0.6 is 22.9 Å². The Morgan fingerprint density at radius 3 is 2.64 bits per heavy atom. The topological polar surface area (TPSA) is 38.3 Å². The zero-order valence-corrected chi connectivity index (χ0v) is 15.6. The van der Waals surface area contributed by atoms with Gasteiger partial charge in [-0.15, -0.1) is 11.3 Å². The summed E-state index contributed by atoms with van der Waals surface area (Å²) >= 11 is 6.98. The lowest BCUT2D eigenvalue weighted by Crippen LogP contribution is -2.12. The van der Waals surface area contributed by atoms with E-state index < -0.39 is 23.5 Å². The maximum Gasteiger partial charge on any atom is 0.416 e. The molecule has 0 aliphatic heterocycles. The molecule has 0 bridgehead atoms. The fraction of sp³-hybridized carbons (Fsp3) is 0.105. The smallest absolute Gasteiger partial charge is 0.416 e. The van der Waals surface area contributed by atoms with E-state index in [4.69, 9.17) is 16.3 Å². The number of rotatable bonds is 5. The number of carbonyl (C=O) groups excluding carboxylic acids is 1. The lowest BCUT2D eigenvalue weighted by atomic mass is 10.2. The number of amides is 1. The molecule has 3 rings (SSSR count). The summed E-state index contributed by atoms with van der Waals surface area (Å²) in [4.78, 5) is 12.6. The van der Waals surface area contributed by atoms with Gasteiger partial charge in [0.2, 0.25) is 0 Å². The molecule has 3 aromatic rings. The maximum atomic E-state index is 13.1. The summed E-state index contributed by atoms with van der Waals surface area (Å²) in [6, 6.07) is 9.86. The van der Waals surface area contributed by atoms with Crippen molar-refractivity contribution in [2.45, 2.75) is 12.8 Å². The van der Waals surface area contributed by atoms with E-state index in [1.165, 1.54) is 18.2 Å². The second-order valence-corrected chi connectivity index (χ2v) is 7.03. The van der Waals surface area contributed by atoms with E-state index in [-0.39, 0.29) is 22.2 Å². The molecule has 0 aliphatic carbocycles. The van der Waals surface area contributed by atoms with Crippen molar-refractivity contribution in [1.29, 1.82) is 0 Å². The van der Waals surface area contributed by atoms with Crippen molar-refractivity contribution in [2.24, 2.45) is 0 Å². The van der Waals surface area contributed by atoms with E-state index >= 15 is 0 Å². The number of nitrogens with one attached hydrogen (secondary N) is 1. The fourth-order valence-electron chi connectivity index (χ4n) is 2.28. The fourth-order valence-corrected chi connectivity index (χ4v) is 3.23. The van der Waals surface area contributed by atoms with Crippen molar-refractivity contribution in [3.05, 3.63) is 80.8 Å². The zero-order valence-electron chi connectivity index (χ0n) is 14.0. The van der Waals surface area contributed by atoms with E-state index in [1.807, 2.05) is 0 Å². The van der Waals surface area contributed by atoms with Gasteiger partial charge in [-0.2, -0.15) is 13.2 Å². The first-order valence-electron chi connectivity index (χ1n) is 7.86. The largest absolute Gasteiger partial charge is 0.489 e. The summed E-state index contributed by atoms with van der Waals surface area (Å²) in [5.74, 6) is -0.683. The normalized spacial score (nSPS) is 11.3. The molecule has 0 fully saturated rings. The van der Waals surface area contributed by atoms with Crippen LogP contribution in [0.1, 0.15) is 20.8 Å². The molecule has 1 heterocycles. The number of ether oxygens (including phenoxy) is 1. The quantitative estimate of drug-likeness (QED) is 0.477. The van der Waals surface area contributed by atoms with E-state index in [0.717, 1.165) is 29.5 Å². The standard InChI is InChI=1S/C19H12ClF4NO2S/c20-15-5-4-12(19(22,23)24)7-16(15)25-18(26)17-6-11(10-28-17)9-27-14-3-1-2-13(21)8-14/h1-8,10H,9H2,(H,25,26). The summed E-state index contributed by atoms with van der Waals surface area (Å²) in [7, 11) is 0. The minimum Gasteiger partial charge on any atom is -0.489 e. The Hall–Kier alpha value is -2.58. The Morgan fingerprint density at radius 2 is 1.93 bits per heavy atom. The third kappa shape index (κ3) is 5.02. The number of alkyl halides is 3. The molecule has 1 N–H and O–H groups in total. The number of hydrogen-bond acceptors (Lipinski definition) is 3. The van der Waals surface area contributed by atoms with Crippen molar-refractivity contribution < 1.29 is 27.1 Å². The average molecular weight is 430 g/mol. The molecule has 0 saturated carbocycles. The summed E-state index contributed by atoms with van der Waals surface area (Å²) < 4.78 is 57.0. The highest BCUT2D eigenvalue weighted by Gasteiger charge is 2.31. The molecule has 3 nitrogen and oxygen atoms in total. The van der Waals surface area contributed by atoms with Crippen molar-refractivity contribution in [2.75, 3.05) is 5.32 Å². The molecule has 1 amide bonds. The molecule has 0 saturated heterocycles. The van der Waals surface area contributed by atoms with Gasteiger partial charge in [-0.25, -0.2) is 4.39 Å². The van der Waals surface area contributed by atoms with Crippen LogP contribution in [0.4, 0.5) is 23.2 Å². The Balaban J connectivity index is 1.67. The van der Waals surface area contributed by atoms with Crippen LogP contribution in [0.3, 0.4) is 0 Å². The summed E-state index contributed by atoms with van der Waals surface area (Å²) in [5.41, 5.74) is -0.385. The molecule has 1 aromatic heterocycles. The summed E-state index contributed by atoms with van der Waals surface area (Å²) in [6.07, 6.45) is -4.55. The molecule has 0 spiro atoms. The van der Waals surface area contributed by atoms with Crippen molar-refractivity contribution in [3.63, 3.8) is 0 Å². The first-order valence-corrected chi connectivity index (χ1v) is 9.12. The Morgan fingerprint density at radius 1 is 1.14 bits per heavy atom. The lowest BCUT2D eigenvalue weighted by molar-refractivity contribution is -0.137. The Bertz CT molecular complexity index is 1000. The van der Waals surface area contributed by atoms with Gasteiger partial charge in [0.05, 0.1) is 21.2 Å². The van der Waals surface area contributed by atoms with Gasteiger partial charge in [-0.3, -0.25) is 4.79 Å². The molecular formula is C19H12ClF4NO2S. The number of anilines is 1. The highest BCUT2D eigenvalue weighted by atomic mass is 35.5. The monoisotopic (exact) mass is 429 g/mol. The molecule has 28 heavy (non-hydrogen) atoms. The summed E-state index contributed by atoms with van der Waals surface area (Å²) in [6.45, 7) is 0.109. The van der Waals surface area contributed by atoms with Crippen LogP contribution in [0, 0.1) is 5.82 Å². The van der Waals surface area contributed by atoms with Gasteiger partial charge in [0.1, 0.15) is 18.2 Å². The number of halogens is 5. The highest BCUT2D eigenvalue weighted by Crippen LogP contribution is 2.34. The molecule has 146 valence electrons. The third-order valence-corrected chi connectivity index (χ3v) is 4.93. The predicted molar refractivity (Wildman–Crippen MR) is 99.5 cm³/mol. The van der Waals surface area contributed by atoms with E-state index in [0.29, 0.717) is 11.3 Å². The van der Waals surface area contributed by atoms with Crippen molar-refractivity contribution in [1.82, 2.24) is 0 Å². The van der Waals surface area contributed by atoms with Crippen LogP contribution in [0.25, 0.3) is 0 Å². The van der Waals surface area contributed by atoms with Crippen LogP contribution in [0.2, 0.25) is 5.02 Å². The second-order valence-electron chi connectivity index (χ2n) is 5.71. The minimum absolute atomic E-state index is 0.00688. The van der Waals surface area contributed by atoms with Gasteiger partial charge < -0.3 is 10.1 Å². The maximum absolute atomic E-state index is 13.1. The number of thiophene rings is 1. The van der Waals surface area contributed by atoms with Crippen LogP contribution in [0.15, 0.2) is 53.9 Å². The minimum atomic E-state index is -4.55. The van der Waals surface area contributed by atoms with Gasteiger partial charge in [-0.05, 0) is 41.8 Å². The Labute approximate surface area is 166 Å². The SMILES string of the molecule is O=C(Nc1cc(C(F)(F)F)ccc1Cl)c1cc(COc2cccc(F)c2)cs1. The molecule has 2 aromatic carbocycles. The molecule has 0 aliphatic rings. The third-order valence-electron chi connectivity index (χ3n) is 3.62. The molecular weight excluding hydrogens is 418 g/mol. The van der Waals surface area contributed by atoms with Crippen molar-refractivity contribution >= 4 is 34.5 Å². The highest BCUT2D eigenvalue weighted by molar-refractivity contribution is 7.12. The van der Waals surface area contributed by atoms with Gasteiger partial charge in [-0.1, -0.05) is 17.7 Å². The number of hydrogen-bond donors (Lipinski definition) is 1. The number of benzene rings is 2. The first kappa shape index (κ1) is 20.2. The van der Waals surface area contributed by atoms with Gasteiger partial charge >= 0.3 is 6.18 Å². The average Bonchev–Trinajstić information content (AvgIpc) is 3.10. The van der Waals surface area contributed by atoms with Gasteiger partial charge in [0.15, 0.2) is 0 Å². The first-order chi connectivity index (χ1) is 13.2. The van der Waals surface area contributed by atoms with Crippen LogP contribution in [-0.4, -0.2) is 5.91 Å². The van der Waals surface area contributed by atoms with Crippen molar-refractivity contribution in [3.8, 4) is 5.75 Å². The van der Waals surface area contributed by atoms with Crippen LogP contribution in [0.5, 0.6) is 5.75 Å². The van der Waals surface area contributed by atoms with Gasteiger partial charge in [0, 0.05) is 11.6 Å². The van der Waals surface area contributed by atoms with E-state index in [1.54, 1.807) is 17.5 Å². The lowest BCUT2D eigenvalue weighted by Gasteiger charge is -2.11. The number of carbonyl (C=O) groups is 1. The molecule has 0 atom stereocenters. The summed E-state index contributed by atoms with van der Waals surface area (Å²) in [5, 5.41) is 4.04.